The highest BCUT2D eigenvalue weighted by Crippen LogP contribution is 2.28. The van der Waals surface area contributed by atoms with Gasteiger partial charge in [0, 0.05) is 6.07 Å². The molecule has 9 heteroatoms. The number of anilines is 3. The molecule has 0 saturated carbocycles. The summed E-state index contributed by atoms with van der Waals surface area (Å²) >= 11 is 0. The van der Waals surface area contributed by atoms with Crippen LogP contribution in [0.4, 0.5) is 30.6 Å². The molecule has 0 fully saturated rings. The smallest absolute Gasteiger partial charge is 0.408 e. The van der Waals surface area contributed by atoms with E-state index in [1.807, 2.05) is 0 Å². The summed E-state index contributed by atoms with van der Waals surface area (Å²) in [5.74, 6) is -1.93. The summed E-state index contributed by atoms with van der Waals surface area (Å²) < 4.78 is 32.7. The normalized spacial score (nSPS) is 12.1. The first-order chi connectivity index (χ1) is 13.0. The number of carbonyl (C=O) groups is 2. The maximum absolute atomic E-state index is 14.3. The topological polar surface area (TPSA) is 92.3 Å². The summed E-state index contributed by atoms with van der Waals surface area (Å²) in [6.45, 7) is 6.51. The maximum Gasteiger partial charge on any atom is 0.408 e. The number of rotatable bonds is 5. The molecule has 1 atom stereocenters. The van der Waals surface area contributed by atoms with Crippen molar-refractivity contribution in [3.63, 3.8) is 0 Å². The van der Waals surface area contributed by atoms with Crippen molar-refractivity contribution in [2.75, 3.05) is 10.6 Å². The minimum absolute atomic E-state index is 0.144. The highest BCUT2D eigenvalue weighted by Gasteiger charge is 2.22. The lowest BCUT2D eigenvalue weighted by molar-refractivity contribution is -0.117. The Morgan fingerprint density at radius 2 is 1.89 bits per heavy atom. The number of pyridine rings is 1. The zero-order valence-corrected chi connectivity index (χ0v) is 16.0. The molecular weight excluding hydrogens is 370 g/mol. The molecule has 2 amide bonds. The molecule has 1 heterocycles. The Labute approximate surface area is 161 Å². The van der Waals surface area contributed by atoms with E-state index in [-0.39, 0.29) is 17.1 Å². The van der Waals surface area contributed by atoms with Crippen LogP contribution < -0.4 is 16.0 Å². The van der Waals surface area contributed by atoms with Gasteiger partial charge in [-0.3, -0.25) is 9.78 Å². The lowest BCUT2D eigenvalue weighted by atomic mass is 10.2. The Balaban J connectivity index is 2.12. The fraction of sp³-hybridized carbons (Fsp3) is 0.316. The second kappa shape index (κ2) is 8.64. The van der Waals surface area contributed by atoms with Crippen LogP contribution in [0.25, 0.3) is 0 Å². The first-order valence-electron chi connectivity index (χ1n) is 8.51. The lowest BCUT2D eigenvalue weighted by Gasteiger charge is -2.22. The van der Waals surface area contributed by atoms with Crippen molar-refractivity contribution >= 4 is 29.1 Å². The highest BCUT2D eigenvalue weighted by atomic mass is 19.1. The van der Waals surface area contributed by atoms with Crippen LogP contribution in [-0.4, -0.2) is 28.6 Å². The number of hydrogen-bond acceptors (Lipinski definition) is 5. The molecule has 0 radical (unpaired) electrons. The number of ether oxygens (including phenoxy) is 1. The van der Waals surface area contributed by atoms with Gasteiger partial charge in [-0.25, -0.2) is 13.6 Å². The van der Waals surface area contributed by atoms with Crippen LogP contribution in [0.15, 0.2) is 36.7 Å². The Hall–Kier alpha value is -3.23. The molecule has 1 aromatic heterocycles. The average Bonchev–Trinajstić information content (AvgIpc) is 2.56. The van der Waals surface area contributed by atoms with Crippen molar-refractivity contribution in [3.8, 4) is 0 Å². The number of alkyl carbamates (subject to hydrolysis) is 1. The molecule has 150 valence electrons. The Bertz CT molecular complexity index is 868. The van der Waals surface area contributed by atoms with E-state index in [0.29, 0.717) is 0 Å². The number of benzene rings is 1. The van der Waals surface area contributed by atoms with Gasteiger partial charge in [0.1, 0.15) is 29.0 Å². The van der Waals surface area contributed by atoms with Gasteiger partial charge in [0.15, 0.2) is 0 Å². The first kappa shape index (κ1) is 21.1. The predicted octanol–water partition coefficient (Wildman–Crippen LogP) is 3.96. The molecular formula is C19H22F2N4O3. The van der Waals surface area contributed by atoms with E-state index < -0.39 is 35.3 Å². The molecule has 1 aromatic carbocycles. The summed E-state index contributed by atoms with van der Waals surface area (Å²) in [6, 6.07) is 4.29. The van der Waals surface area contributed by atoms with Gasteiger partial charge in [0.25, 0.3) is 0 Å². The van der Waals surface area contributed by atoms with Gasteiger partial charge in [-0.05, 0) is 39.8 Å². The number of aromatic nitrogens is 1. The standard InChI is InChI=1S/C19H22F2N4O3/c1-11(23-18(27)28-19(2,3)4)17(26)25-16-14(21)6-5-7-15(16)24-13-8-12(20)9-22-10-13/h5-11,24H,1-4H3,(H,23,27)(H,25,26). The molecule has 0 aliphatic rings. The maximum atomic E-state index is 14.3. The molecule has 0 bridgehead atoms. The van der Waals surface area contributed by atoms with Crippen LogP contribution in [0.3, 0.4) is 0 Å². The number of para-hydroxylation sites is 1. The van der Waals surface area contributed by atoms with Crippen molar-refractivity contribution in [1.82, 2.24) is 10.3 Å². The van der Waals surface area contributed by atoms with E-state index in [1.165, 1.54) is 31.3 Å². The van der Waals surface area contributed by atoms with E-state index >= 15 is 0 Å². The number of halogens is 2. The van der Waals surface area contributed by atoms with Crippen LogP contribution in [0.5, 0.6) is 0 Å². The summed E-state index contributed by atoms with van der Waals surface area (Å²) in [6.07, 6.45) is 1.61. The molecule has 7 nitrogen and oxygen atoms in total. The summed E-state index contributed by atoms with van der Waals surface area (Å²) in [5.41, 5.74) is -0.386. The van der Waals surface area contributed by atoms with Crippen LogP contribution in [0, 0.1) is 11.6 Å². The van der Waals surface area contributed by atoms with E-state index in [9.17, 15) is 18.4 Å². The van der Waals surface area contributed by atoms with Crippen LogP contribution in [0.2, 0.25) is 0 Å². The molecule has 2 aromatic rings. The highest BCUT2D eigenvalue weighted by molar-refractivity contribution is 5.99. The van der Waals surface area contributed by atoms with Gasteiger partial charge in [-0.1, -0.05) is 6.07 Å². The number of nitrogens with one attached hydrogen (secondary N) is 3. The number of nitrogens with zero attached hydrogens (tertiary/aromatic N) is 1. The predicted molar refractivity (Wildman–Crippen MR) is 101 cm³/mol. The van der Waals surface area contributed by atoms with Crippen molar-refractivity contribution < 1.29 is 23.1 Å². The molecule has 0 aliphatic carbocycles. The van der Waals surface area contributed by atoms with Gasteiger partial charge in [-0.2, -0.15) is 0 Å². The van der Waals surface area contributed by atoms with E-state index in [4.69, 9.17) is 4.74 Å². The van der Waals surface area contributed by atoms with E-state index in [1.54, 1.807) is 20.8 Å². The molecule has 0 aliphatic heterocycles. The second-order valence-corrected chi connectivity index (χ2v) is 7.04. The molecule has 28 heavy (non-hydrogen) atoms. The third-order valence-electron chi connectivity index (χ3n) is 3.37. The summed E-state index contributed by atoms with van der Waals surface area (Å²) in [7, 11) is 0. The van der Waals surface area contributed by atoms with Gasteiger partial charge in [0.05, 0.1) is 23.8 Å². The quantitative estimate of drug-likeness (QED) is 0.716. The van der Waals surface area contributed by atoms with Gasteiger partial charge in [-0.15, -0.1) is 0 Å². The van der Waals surface area contributed by atoms with E-state index in [0.717, 1.165) is 12.3 Å². The summed E-state index contributed by atoms with van der Waals surface area (Å²) in [4.78, 5) is 27.9. The number of amides is 2. The van der Waals surface area contributed by atoms with E-state index in [2.05, 4.69) is 20.9 Å². The fourth-order valence-electron chi connectivity index (χ4n) is 2.17. The number of carbonyl (C=O) groups excluding carboxylic acids is 2. The van der Waals surface area contributed by atoms with Crippen LogP contribution >= 0.6 is 0 Å². The molecule has 0 saturated heterocycles. The van der Waals surface area contributed by atoms with Crippen molar-refractivity contribution in [2.45, 2.75) is 39.3 Å². The zero-order chi connectivity index (χ0) is 20.9. The molecule has 0 spiro atoms. The van der Waals surface area contributed by atoms with Gasteiger partial charge in [0.2, 0.25) is 5.91 Å². The monoisotopic (exact) mass is 392 g/mol. The van der Waals surface area contributed by atoms with Gasteiger partial charge >= 0.3 is 6.09 Å². The van der Waals surface area contributed by atoms with Crippen molar-refractivity contribution in [1.29, 1.82) is 0 Å². The fourth-order valence-corrected chi connectivity index (χ4v) is 2.17. The SMILES string of the molecule is CC(NC(=O)OC(C)(C)C)C(=O)Nc1c(F)cccc1Nc1cncc(F)c1. The largest absolute Gasteiger partial charge is 0.444 e. The Morgan fingerprint density at radius 3 is 2.54 bits per heavy atom. The minimum atomic E-state index is -0.988. The second-order valence-electron chi connectivity index (χ2n) is 7.04. The first-order valence-corrected chi connectivity index (χ1v) is 8.51. The molecule has 2 rings (SSSR count). The van der Waals surface area contributed by atoms with Crippen LogP contribution in [0.1, 0.15) is 27.7 Å². The van der Waals surface area contributed by atoms with Crippen LogP contribution in [-0.2, 0) is 9.53 Å². The van der Waals surface area contributed by atoms with Gasteiger partial charge < -0.3 is 20.7 Å². The number of hydrogen-bond donors (Lipinski definition) is 3. The van der Waals surface area contributed by atoms with Crippen molar-refractivity contribution in [2.24, 2.45) is 0 Å². The molecule has 3 N–H and O–H groups in total. The minimum Gasteiger partial charge on any atom is -0.444 e. The molecule has 1 unspecified atom stereocenters. The van der Waals surface area contributed by atoms with Crippen molar-refractivity contribution in [3.05, 3.63) is 48.3 Å². The zero-order valence-electron chi connectivity index (χ0n) is 16.0. The third kappa shape index (κ3) is 6.19. The average molecular weight is 392 g/mol. The Morgan fingerprint density at radius 1 is 1.18 bits per heavy atom. The Kier molecular flexibility index (Phi) is 6.50. The lowest BCUT2D eigenvalue weighted by Crippen LogP contribution is -2.44. The summed E-state index contributed by atoms with van der Waals surface area (Å²) in [5, 5.41) is 7.60. The third-order valence-corrected chi connectivity index (χ3v) is 3.37.